The molecular formula is C34H33N3O8. The molecule has 6 heterocycles. The summed E-state index contributed by atoms with van der Waals surface area (Å²) >= 11 is 0. The van der Waals surface area contributed by atoms with Crippen molar-refractivity contribution < 1.29 is 38.3 Å². The minimum absolute atomic E-state index is 0.0215. The minimum Gasteiger partial charge on any atom is -0.393 e. The maximum Gasteiger partial charge on any atom is 0.333 e. The van der Waals surface area contributed by atoms with Crippen molar-refractivity contribution in [2.24, 2.45) is 0 Å². The second-order valence-corrected chi connectivity index (χ2v) is 11.4. The summed E-state index contributed by atoms with van der Waals surface area (Å²) in [6, 6.07) is 17.5. The molecule has 11 nitrogen and oxygen atoms in total. The Kier molecular flexibility index (Phi) is 8.70. The quantitative estimate of drug-likeness (QED) is 0.229. The number of esters is 2. The van der Waals surface area contributed by atoms with Crippen molar-refractivity contribution in [3.8, 4) is 0 Å². The maximum atomic E-state index is 12.6. The maximum absolute atomic E-state index is 12.6. The molecule has 0 spiro atoms. The molecule has 2 aromatic carbocycles. The van der Waals surface area contributed by atoms with E-state index >= 15 is 0 Å². The molecule has 6 aliphatic rings. The molecule has 0 aromatic heterocycles. The topological polar surface area (TPSA) is 139 Å². The minimum atomic E-state index is -0.674. The highest BCUT2D eigenvalue weighted by atomic mass is 16.7. The number of nitrogens with zero attached hydrogens (tertiary/aromatic N) is 2. The fourth-order valence-corrected chi connectivity index (χ4v) is 6.35. The van der Waals surface area contributed by atoms with E-state index in [1.807, 2.05) is 41.3 Å². The molecule has 2 fully saturated rings. The van der Waals surface area contributed by atoms with Gasteiger partial charge in [-0.05, 0) is 35.1 Å². The Morgan fingerprint density at radius 1 is 0.711 bits per heavy atom. The third-order valence-electron chi connectivity index (χ3n) is 8.48. The average Bonchev–Trinajstić information content (AvgIpc) is 3.87. The summed E-state index contributed by atoms with van der Waals surface area (Å²) in [5.41, 5.74) is 5.22. The first-order chi connectivity index (χ1) is 21.8. The number of hydroxylamine groups is 2. The fourth-order valence-electron chi connectivity index (χ4n) is 6.35. The van der Waals surface area contributed by atoms with Gasteiger partial charge in [0.25, 0.3) is 11.8 Å². The van der Waals surface area contributed by atoms with Crippen LogP contribution < -0.4 is 5.32 Å². The van der Waals surface area contributed by atoms with Crippen LogP contribution in [0.3, 0.4) is 0 Å². The smallest absolute Gasteiger partial charge is 0.333 e. The van der Waals surface area contributed by atoms with Crippen molar-refractivity contribution in [2.45, 2.75) is 75.5 Å². The van der Waals surface area contributed by atoms with E-state index in [9.17, 15) is 28.8 Å². The van der Waals surface area contributed by atoms with E-state index in [2.05, 4.69) is 46.5 Å². The molecule has 11 heteroatoms. The number of cyclic esters (lactones) is 2. The van der Waals surface area contributed by atoms with E-state index in [4.69, 9.17) is 4.84 Å². The molecule has 6 aliphatic heterocycles. The molecule has 4 unspecified atom stereocenters. The lowest BCUT2D eigenvalue weighted by Crippen LogP contribution is -2.32. The molecule has 232 valence electrons. The van der Waals surface area contributed by atoms with Crippen LogP contribution >= 0.6 is 0 Å². The highest BCUT2D eigenvalue weighted by Crippen LogP contribution is 2.48. The molecule has 1 N–H and O–H groups in total. The van der Waals surface area contributed by atoms with Gasteiger partial charge < -0.3 is 14.5 Å². The highest BCUT2D eigenvalue weighted by Gasteiger charge is 2.42. The molecular weight excluding hydrogens is 578 g/mol. The lowest BCUT2D eigenvalue weighted by molar-refractivity contribution is -0.197. The van der Waals surface area contributed by atoms with Crippen molar-refractivity contribution in [3.05, 3.63) is 95.1 Å². The summed E-state index contributed by atoms with van der Waals surface area (Å²) < 4.78 is 4.21. The van der Waals surface area contributed by atoms with Gasteiger partial charge in [-0.25, -0.2) is 4.79 Å². The number of imide groups is 1. The number of amides is 3. The number of ether oxygens (including phenoxy) is 1. The van der Waals surface area contributed by atoms with Crippen molar-refractivity contribution in [2.75, 3.05) is 0 Å². The first-order valence-electron chi connectivity index (χ1n) is 15.2. The number of rotatable bonds is 5. The van der Waals surface area contributed by atoms with Gasteiger partial charge in [-0.15, -0.1) is 5.06 Å². The number of nitrogens with one attached hydrogen (secondary N) is 1. The molecule has 3 amide bonds. The second kappa shape index (κ2) is 13.0. The first kappa shape index (κ1) is 30.1. The average molecular weight is 612 g/mol. The summed E-state index contributed by atoms with van der Waals surface area (Å²) in [4.78, 5) is 74.4. The molecule has 2 saturated heterocycles. The lowest BCUT2D eigenvalue weighted by Gasteiger charge is -2.22. The number of benzene rings is 2. The summed E-state index contributed by atoms with van der Waals surface area (Å²) in [6.07, 6.45) is 10.6. The van der Waals surface area contributed by atoms with E-state index in [-0.39, 0.29) is 55.6 Å². The van der Waals surface area contributed by atoms with Gasteiger partial charge in [-0.3, -0.25) is 29.3 Å². The molecule has 0 aliphatic carbocycles. The van der Waals surface area contributed by atoms with Crippen molar-refractivity contribution in [3.63, 3.8) is 0 Å². The lowest BCUT2D eigenvalue weighted by atomic mass is 9.97. The zero-order valence-electron chi connectivity index (χ0n) is 24.6. The van der Waals surface area contributed by atoms with Crippen molar-refractivity contribution >= 4 is 35.6 Å². The highest BCUT2D eigenvalue weighted by molar-refractivity contribution is 6.01. The van der Waals surface area contributed by atoms with E-state index in [1.54, 1.807) is 0 Å². The van der Waals surface area contributed by atoms with E-state index < -0.39 is 17.8 Å². The predicted octanol–water partition coefficient (Wildman–Crippen LogP) is 4.14. The zero-order chi connectivity index (χ0) is 31.5. The number of carbonyl (C=O) groups excluding carboxylic acids is 6. The Morgan fingerprint density at radius 2 is 1.22 bits per heavy atom. The van der Waals surface area contributed by atoms with Crippen LogP contribution in [0.25, 0.3) is 0 Å². The van der Waals surface area contributed by atoms with Crippen LogP contribution in [-0.4, -0.2) is 45.6 Å². The van der Waals surface area contributed by atoms with Gasteiger partial charge in [0.15, 0.2) is 0 Å². The van der Waals surface area contributed by atoms with Crippen molar-refractivity contribution in [1.82, 2.24) is 15.3 Å². The van der Waals surface area contributed by atoms with Crippen LogP contribution in [-0.2, 0) is 38.3 Å². The first-order valence-corrected chi connectivity index (χ1v) is 15.2. The molecule has 4 atom stereocenters. The van der Waals surface area contributed by atoms with Crippen molar-refractivity contribution in [1.29, 1.82) is 0 Å². The van der Waals surface area contributed by atoms with Crippen LogP contribution in [0.2, 0.25) is 0 Å². The number of hydrogen-bond acceptors (Lipinski definition) is 9. The summed E-state index contributed by atoms with van der Waals surface area (Å²) in [6.45, 7) is 0. The Labute approximate surface area is 259 Å². The molecule has 45 heavy (non-hydrogen) atoms. The molecule has 0 radical (unpaired) electrons. The normalized spacial score (nSPS) is 24.4. The van der Waals surface area contributed by atoms with Gasteiger partial charge in [-0.2, -0.15) is 0 Å². The summed E-state index contributed by atoms with van der Waals surface area (Å²) in [5.74, 6) is -2.48. The second-order valence-electron chi connectivity index (χ2n) is 11.4. The summed E-state index contributed by atoms with van der Waals surface area (Å²) in [7, 11) is 0. The Balaban J connectivity index is 0.000000152. The molecule has 4 bridgehead atoms. The largest absolute Gasteiger partial charge is 0.393 e. The number of carbonyl (C=O) groups is 6. The van der Waals surface area contributed by atoms with Crippen LogP contribution in [0.15, 0.2) is 72.8 Å². The van der Waals surface area contributed by atoms with E-state index in [0.717, 1.165) is 11.1 Å². The Hall–Kier alpha value is -4.90. The van der Waals surface area contributed by atoms with Gasteiger partial charge in [0.2, 0.25) is 5.91 Å². The monoisotopic (exact) mass is 611 g/mol. The third-order valence-corrected chi connectivity index (χ3v) is 8.48. The van der Waals surface area contributed by atoms with Gasteiger partial charge in [-0.1, -0.05) is 72.8 Å². The van der Waals surface area contributed by atoms with Gasteiger partial charge in [0, 0.05) is 38.5 Å². The molecule has 0 saturated carbocycles. The SMILES string of the molecule is C1=CC2NC1c1ccccc12.O=C(CCCC(=O)N1C2C=CC1c1ccccc12)ON1C(=O)CCC1=O.O=C1CCCC(=O)O1. The van der Waals surface area contributed by atoms with Gasteiger partial charge in [0.05, 0.1) is 24.2 Å². The van der Waals surface area contributed by atoms with Crippen LogP contribution in [0.1, 0.15) is 97.8 Å². The number of fused-ring (bicyclic) bond motifs is 10. The van der Waals surface area contributed by atoms with Crippen LogP contribution in [0, 0.1) is 0 Å². The van der Waals surface area contributed by atoms with Crippen LogP contribution in [0.4, 0.5) is 0 Å². The Morgan fingerprint density at radius 3 is 1.71 bits per heavy atom. The standard InChI is InChI=1S/C19H18N2O5.C10H9N.C5H6O3/c22-16(6-3-7-19(25)26-21-17(23)10-11-18(21)24)20-14-8-9-15(20)13-5-2-1-4-12(13)14;1-2-4-8-7(3-1)9-5-6-10(8)11-9;6-4-2-1-3-5(7)8-4/h1-2,4-5,8-9,14-15H,3,6-7,10-11H2;1-6,9-11H;1-3H2. The molecule has 8 rings (SSSR count). The molecule has 2 aromatic rings. The van der Waals surface area contributed by atoms with Gasteiger partial charge >= 0.3 is 17.9 Å². The zero-order valence-corrected chi connectivity index (χ0v) is 24.6. The fraction of sp³-hybridized carbons (Fsp3) is 0.353. The van der Waals surface area contributed by atoms with E-state index in [1.165, 1.54) is 11.1 Å². The Bertz CT molecular complexity index is 1520. The van der Waals surface area contributed by atoms with E-state index in [0.29, 0.717) is 42.8 Å². The number of hydrogen-bond donors (Lipinski definition) is 1. The van der Waals surface area contributed by atoms with Crippen LogP contribution in [0.5, 0.6) is 0 Å². The third kappa shape index (κ3) is 6.34. The van der Waals surface area contributed by atoms with Gasteiger partial charge in [0.1, 0.15) is 0 Å². The predicted molar refractivity (Wildman–Crippen MR) is 158 cm³/mol. The summed E-state index contributed by atoms with van der Waals surface area (Å²) in [5, 5.41) is 4.02.